The van der Waals surface area contributed by atoms with Crippen LogP contribution in [-0.4, -0.2) is 57.2 Å². The summed E-state index contributed by atoms with van der Waals surface area (Å²) in [6.45, 7) is 0.941. The maximum atomic E-state index is 14.3. The summed E-state index contributed by atoms with van der Waals surface area (Å²) in [5.41, 5.74) is -0.0724. The van der Waals surface area contributed by atoms with Crippen molar-refractivity contribution in [2.45, 2.75) is 6.42 Å². The van der Waals surface area contributed by atoms with Gasteiger partial charge in [0.1, 0.15) is 38.9 Å². The maximum absolute atomic E-state index is 14.3. The highest BCUT2D eigenvalue weighted by atomic mass is 32.1. The minimum atomic E-state index is -0.908. The fraction of sp³-hybridized carbons (Fsp3) is 0.333. The van der Waals surface area contributed by atoms with Crippen LogP contribution in [-0.2, 0) is 0 Å². The van der Waals surface area contributed by atoms with E-state index in [1.165, 1.54) is 36.5 Å². The zero-order valence-corrected chi connectivity index (χ0v) is 18.1. The number of rotatable bonds is 8. The standard InChI is InChI=1S/C21H23F2N3O3S/c1-25(2)11-6-12-26(20(27)17-13(22)7-5-8-14(17)23)21-24-18-15(28-3)9-10-16(29-4)19(18)30-21/h5,7-10H,6,11-12H2,1-4H3. The van der Waals surface area contributed by atoms with Crippen LogP contribution in [0.4, 0.5) is 13.9 Å². The summed E-state index contributed by atoms with van der Waals surface area (Å²) >= 11 is 1.21. The van der Waals surface area contributed by atoms with Gasteiger partial charge in [0.15, 0.2) is 5.13 Å². The fourth-order valence-electron chi connectivity index (χ4n) is 3.06. The molecule has 1 heterocycles. The largest absolute Gasteiger partial charge is 0.495 e. The van der Waals surface area contributed by atoms with E-state index >= 15 is 0 Å². The molecule has 0 atom stereocenters. The second-order valence-electron chi connectivity index (χ2n) is 6.85. The third-order valence-corrected chi connectivity index (χ3v) is 5.63. The molecule has 2 aromatic carbocycles. The number of carbonyl (C=O) groups is 1. The Bertz CT molecular complexity index is 994. The Balaban J connectivity index is 2.09. The van der Waals surface area contributed by atoms with Gasteiger partial charge in [-0.05, 0) is 51.3 Å². The van der Waals surface area contributed by atoms with Crippen molar-refractivity contribution in [3.63, 3.8) is 0 Å². The second-order valence-corrected chi connectivity index (χ2v) is 7.83. The highest BCUT2D eigenvalue weighted by molar-refractivity contribution is 7.22. The number of aromatic nitrogens is 1. The first kappa shape index (κ1) is 21.9. The molecule has 0 unspecified atom stereocenters. The third kappa shape index (κ3) is 4.36. The zero-order valence-electron chi connectivity index (χ0n) is 17.2. The van der Waals surface area contributed by atoms with E-state index in [0.717, 1.165) is 12.1 Å². The Morgan fingerprint density at radius 1 is 1.03 bits per heavy atom. The van der Waals surface area contributed by atoms with Crippen molar-refractivity contribution < 1.29 is 23.0 Å². The molecule has 160 valence electrons. The SMILES string of the molecule is COc1ccc(OC)c2sc(N(CCCN(C)C)C(=O)c3c(F)cccc3F)nc12. The molecule has 0 aliphatic carbocycles. The van der Waals surface area contributed by atoms with Gasteiger partial charge in [0.2, 0.25) is 0 Å². The van der Waals surface area contributed by atoms with E-state index in [-0.39, 0.29) is 6.54 Å². The monoisotopic (exact) mass is 435 g/mol. The first-order chi connectivity index (χ1) is 14.4. The molecule has 0 saturated heterocycles. The Morgan fingerprint density at radius 2 is 1.67 bits per heavy atom. The van der Waals surface area contributed by atoms with Gasteiger partial charge in [0, 0.05) is 6.54 Å². The van der Waals surface area contributed by atoms with Crippen LogP contribution in [0.5, 0.6) is 11.5 Å². The van der Waals surface area contributed by atoms with Crippen LogP contribution < -0.4 is 14.4 Å². The molecule has 1 aromatic heterocycles. The van der Waals surface area contributed by atoms with E-state index in [1.54, 1.807) is 12.1 Å². The van der Waals surface area contributed by atoms with E-state index in [2.05, 4.69) is 4.98 Å². The molecule has 9 heteroatoms. The predicted molar refractivity (Wildman–Crippen MR) is 114 cm³/mol. The molecule has 0 saturated carbocycles. The number of hydrogen-bond acceptors (Lipinski definition) is 6. The number of fused-ring (bicyclic) bond motifs is 1. The normalized spacial score (nSPS) is 11.2. The Hall–Kier alpha value is -2.78. The van der Waals surface area contributed by atoms with Crippen LogP contribution in [0.15, 0.2) is 30.3 Å². The first-order valence-electron chi connectivity index (χ1n) is 9.29. The van der Waals surface area contributed by atoms with E-state index < -0.39 is 23.1 Å². The smallest absolute Gasteiger partial charge is 0.266 e. The summed E-state index contributed by atoms with van der Waals surface area (Å²) in [5, 5.41) is 0.319. The molecule has 0 aliphatic rings. The molecule has 0 bridgehead atoms. The van der Waals surface area contributed by atoms with Gasteiger partial charge < -0.3 is 14.4 Å². The molecular weight excluding hydrogens is 412 g/mol. The highest BCUT2D eigenvalue weighted by Gasteiger charge is 2.27. The third-order valence-electron chi connectivity index (χ3n) is 4.54. The van der Waals surface area contributed by atoms with Crippen LogP contribution in [0.2, 0.25) is 0 Å². The molecular formula is C21H23F2N3O3S. The van der Waals surface area contributed by atoms with Gasteiger partial charge >= 0.3 is 0 Å². The van der Waals surface area contributed by atoms with Gasteiger partial charge in [-0.1, -0.05) is 17.4 Å². The number of nitrogens with zero attached hydrogens (tertiary/aromatic N) is 3. The molecule has 3 rings (SSSR count). The number of methoxy groups -OCH3 is 2. The molecule has 0 fully saturated rings. The van der Waals surface area contributed by atoms with Crippen molar-refractivity contribution >= 4 is 32.6 Å². The van der Waals surface area contributed by atoms with Crippen molar-refractivity contribution in [3.05, 3.63) is 47.5 Å². The van der Waals surface area contributed by atoms with Gasteiger partial charge in [-0.25, -0.2) is 13.8 Å². The Kier molecular flexibility index (Phi) is 6.84. The minimum Gasteiger partial charge on any atom is -0.495 e. The van der Waals surface area contributed by atoms with Crippen molar-refractivity contribution in [2.75, 3.05) is 46.3 Å². The topological polar surface area (TPSA) is 54.9 Å². The molecule has 3 aromatic rings. The molecule has 0 radical (unpaired) electrons. The number of ether oxygens (including phenoxy) is 2. The quantitative estimate of drug-likeness (QED) is 0.531. The van der Waals surface area contributed by atoms with E-state index in [0.29, 0.717) is 39.8 Å². The number of halogens is 2. The van der Waals surface area contributed by atoms with Gasteiger partial charge in [0.25, 0.3) is 5.91 Å². The molecule has 6 nitrogen and oxygen atoms in total. The Labute approximate surface area is 177 Å². The molecule has 0 aliphatic heterocycles. The lowest BCUT2D eigenvalue weighted by atomic mass is 10.1. The molecule has 30 heavy (non-hydrogen) atoms. The van der Waals surface area contributed by atoms with Gasteiger partial charge in [-0.3, -0.25) is 9.69 Å². The number of benzene rings is 2. The van der Waals surface area contributed by atoms with Crippen molar-refractivity contribution in [3.8, 4) is 11.5 Å². The average Bonchev–Trinajstić information content (AvgIpc) is 3.15. The molecule has 0 spiro atoms. The van der Waals surface area contributed by atoms with Gasteiger partial charge in [-0.2, -0.15) is 0 Å². The lowest BCUT2D eigenvalue weighted by Gasteiger charge is -2.21. The van der Waals surface area contributed by atoms with Crippen molar-refractivity contribution in [1.29, 1.82) is 0 Å². The number of hydrogen-bond donors (Lipinski definition) is 0. The number of anilines is 1. The van der Waals surface area contributed by atoms with Gasteiger partial charge in [0.05, 0.1) is 14.2 Å². The molecule has 1 amide bonds. The summed E-state index contributed by atoms with van der Waals surface area (Å²) in [6, 6.07) is 6.83. The zero-order chi connectivity index (χ0) is 21.8. The lowest BCUT2D eigenvalue weighted by Crippen LogP contribution is -2.34. The van der Waals surface area contributed by atoms with Crippen molar-refractivity contribution in [1.82, 2.24) is 9.88 Å². The highest BCUT2D eigenvalue weighted by Crippen LogP contribution is 2.40. The second kappa shape index (κ2) is 9.36. The van der Waals surface area contributed by atoms with Crippen LogP contribution in [0.1, 0.15) is 16.8 Å². The summed E-state index contributed by atoms with van der Waals surface area (Å²) in [5.74, 6) is -1.50. The minimum absolute atomic E-state index is 0.245. The summed E-state index contributed by atoms with van der Waals surface area (Å²) < 4.78 is 40.1. The van der Waals surface area contributed by atoms with E-state index in [1.807, 2.05) is 19.0 Å². The van der Waals surface area contributed by atoms with Crippen LogP contribution in [0.3, 0.4) is 0 Å². The van der Waals surface area contributed by atoms with Crippen molar-refractivity contribution in [2.24, 2.45) is 0 Å². The van der Waals surface area contributed by atoms with Crippen LogP contribution in [0.25, 0.3) is 10.2 Å². The number of amides is 1. The fourth-order valence-corrected chi connectivity index (χ4v) is 4.15. The summed E-state index contributed by atoms with van der Waals surface area (Å²) in [4.78, 5) is 21.0. The van der Waals surface area contributed by atoms with E-state index in [4.69, 9.17) is 9.47 Å². The Morgan fingerprint density at radius 3 is 2.27 bits per heavy atom. The summed E-state index contributed by atoms with van der Waals surface area (Å²) in [7, 11) is 6.89. The first-order valence-corrected chi connectivity index (χ1v) is 10.1. The predicted octanol–water partition coefficient (Wildman–Crippen LogP) is 4.19. The van der Waals surface area contributed by atoms with E-state index in [9.17, 15) is 13.6 Å². The molecule has 0 N–H and O–H groups in total. The van der Waals surface area contributed by atoms with Crippen LogP contribution in [0, 0.1) is 11.6 Å². The number of thiazole rings is 1. The van der Waals surface area contributed by atoms with Crippen LogP contribution >= 0.6 is 11.3 Å². The lowest BCUT2D eigenvalue weighted by molar-refractivity contribution is 0.0978. The maximum Gasteiger partial charge on any atom is 0.266 e. The van der Waals surface area contributed by atoms with Gasteiger partial charge in [-0.15, -0.1) is 0 Å². The summed E-state index contributed by atoms with van der Waals surface area (Å²) in [6.07, 6.45) is 0.596. The average molecular weight is 435 g/mol. The number of carbonyl (C=O) groups excluding carboxylic acids is 1.